The van der Waals surface area contributed by atoms with Gasteiger partial charge in [-0.1, -0.05) is 263 Å². The fraction of sp³-hybridized carbons (Fsp3) is 0.103. The number of terminal acetylenes is 3. The van der Waals surface area contributed by atoms with Gasteiger partial charge in [0.05, 0.1) is 34.9 Å². The summed E-state index contributed by atoms with van der Waals surface area (Å²) >= 11 is 28.3. The van der Waals surface area contributed by atoms with Crippen molar-refractivity contribution in [2.24, 2.45) is 0 Å². The molecule has 12 aromatic rings. The van der Waals surface area contributed by atoms with Crippen LogP contribution < -0.4 is 5.46 Å². The van der Waals surface area contributed by atoms with E-state index in [1.54, 1.807) is 0 Å². The molecule has 12 aromatic carbocycles. The molecule has 0 saturated heterocycles. The van der Waals surface area contributed by atoms with Crippen LogP contribution in [-0.4, -0.2) is 17.2 Å². The van der Waals surface area contributed by atoms with Crippen LogP contribution in [0.2, 0.25) is 0 Å². The van der Waals surface area contributed by atoms with Gasteiger partial charge in [0.15, 0.2) is 0 Å². The topological polar surface area (TPSA) is 112 Å². The summed E-state index contributed by atoms with van der Waals surface area (Å²) in [6.07, 6.45) is 26.0. The molecule has 0 spiro atoms. The first-order valence-corrected chi connectivity index (χ1v) is 42.5. The summed E-state index contributed by atoms with van der Waals surface area (Å²) in [5, 5.41) is 43.6. The lowest BCUT2D eigenvalue weighted by Crippen LogP contribution is -2.29. The molecular formula is C97H73BBr7I2N3O2. The Balaban J connectivity index is 0.000000246. The number of nitrogens with zero attached hydrogens (tertiary/aromatic N) is 3. The molecule has 0 aliphatic carbocycles. The van der Waals surface area contributed by atoms with Crippen molar-refractivity contribution in [2.45, 2.75) is 64.2 Å². The largest absolute Gasteiger partial charge is 0.488 e. The number of nitriles is 3. The molecule has 0 amide bonds. The standard InChI is InChI=1S/C31H26N2.C17H18Br2.C16H8Br2.C10H5Br.C7H6BNO2.2C6H4BrI.C4H2/c32-22-26-11-17-29(18-12-26)28-15-9-24(10-16-28)5-2-1-3-6-25-7-4-8-31(21-25)30-19-13-27(23-33)14-20-30;18-16-11-9-14(10-12-16)5-2-1-3-6-15-7-4-8-17(19)13-15;17-15-10-8-13(9-11-15)4-1-2-5-14-6-3-7-16(18)12-14;1-2-3-4-9-5-7-10(11)8-6-9;9-5-6-1-3-7(4-2-6)8(10)11;7-5-1-3-6(8)4-2-5;7-5-2-1-3-6(8)4-5;1-3-4-2/h4,7-21H,1-3,5-6H2;4,7-13H,1-3,5-6H2;3,6-12H;1,5-8H;1-4,10-11H;2*1-4H;1-2H. The minimum Gasteiger partial charge on any atom is -0.423 e. The van der Waals surface area contributed by atoms with E-state index in [-0.39, 0.29) is 0 Å². The van der Waals surface area contributed by atoms with E-state index in [9.17, 15) is 0 Å². The third-order valence-corrected chi connectivity index (χ3v) is 20.5. The van der Waals surface area contributed by atoms with Crippen molar-refractivity contribution < 1.29 is 10.0 Å². The maximum atomic E-state index is 8.97. The van der Waals surface area contributed by atoms with E-state index in [1.807, 2.05) is 164 Å². The van der Waals surface area contributed by atoms with Gasteiger partial charge in [-0.2, -0.15) is 15.8 Å². The van der Waals surface area contributed by atoms with E-state index in [0.717, 1.165) is 67.5 Å². The first kappa shape index (κ1) is 93.9. The fourth-order valence-corrected chi connectivity index (χ4v) is 13.5. The number of unbranched alkanes of at least 4 members (excludes halogenated alkanes) is 4. The summed E-state index contributed by atoms with van der Waals surface area (Å²) in [5.74, 6) is 23.2. The number of aryl methyl sites for hydroxylation is 4. The van der Waals surface area contributed by atoms with E-state index in [0.29, 0.717) is 22.2 Å². The molecule has 15 heteroatoms. The smallest absolute Gasteiger partial charge is 0.423 e. The predicted octanol–water partition coefficient (Wildman–Crippen LogP) is 26.5. The maximum absolute atomic E-state index is 8.97. The van der Waals surface area contributed by atoms with Gasteiger partial charge in [0.25, 0.3) is 0 Å². The highest BCUT2D eigenvalue weighted by Gasteiger charge is 2.09. The van der Waals surface area contributed by atoms with Crippen LogP contribution in [-0.2, 0) is 25.7 Å². The zero-order chi connectivity index (χ0) is 80.9. The molecule has 2 N–H and O–H groups in total. The Morgan fingerprint density at radius 3 is 1.01 bits per heavy atom. The molecule has 0 heterocycles. The molecule has 0 unspecified atom stereocenters. The third-order valence-electron chi connectivity index (χ3n) is 15.5. The van der Waals surface area contributed by atoms with Gasteiger partial charge in [-0.25, -0.2) is 0 Å². The van der Waals surface area contributed by atoms with Gasteiger partial charge in [-0.15, -0.1) is 19.3 Å². The van der Waals surface area contributed by atoms with Crippen LogP contribution in [0.1, 0.15) is 94.2 Å². The summed E-state index contributed by atoms with van der Waals surface area (Å²) in [6, 6.07) is 102. The number of benzene rings is 12. The summed E-state index contributed by atoms with van der Waals surface area (Å²) < 4.78 is 10.3. The lowest BCUT2D eigenvalue weighted by molar-refractivity contribution is 0.426. The Morgan fingerprint density at radius 1 is 0.277 bits per heavy atom. The minimum atomic E-state index is -1.46. The molecule has 0 bridgehead atoms. The first-order valence-electron chi connectivity index (χ1n) is 34.8. The van der Waals surface area contributed by atoms with Crippen LogP contribution in [0.5, 0.6) is 0 Å². The van der Waals surface area contributed by atoms with Crippen LogP contribution in [0, 0.1) is 114 Å². The van der Waals surface area contributed by atoms with E-state index in [2.05, 4.69) is 344 Å². The monoisotopic (exact) mass is 2130 g/mol. The van der Waals surface area contributed by atoms with Crippen LogP contribution in [0.3, 0.4) is 0 Å². The minimum absolute atomic E-state index is 0.393. The van der Waals surface area contributed by atoms with Crippen LogP contribution in [0.4, 0.5) is 0 Å². The normalized spacial score (nSPS) is 9.29. The summed E-state index contributed by atoms with van der Waals surface area (Å²) in [4.78, 5) is 0. The van der Waals surface area contributed by atoms with Crippen LogP contribution >= 0.6 is 157 Å². The van der Waals surface area contributed by atoms with Crippen molar-refractivity contribution in [1.82, 2.24) is 0 Å². The second kappa shape index (κ2) is 56.5. The van der Waals surface area contributed by atoms with Crippen molar-refractivity contribution in [1.29, 1.82) is 15.8 Å². The number of halogens is 9. The van der Waals surface area contributed by atoms with Gasteiger partial charge < -0.3 is 10.0 Å². The highest BCUT2D eigenvalue weighted by molar-refractivity contribution is 14.1. The quantitative estimate of drug-likeness (QED) is 0.0460. The van der Waals surface area contributed by atoms with Crippen molar-refractivity contribution >= 4 is 169 Å². The second-order valence-corrected chi connectivity index (χ2v) is 32.7. The predicted molar refractivity (Wildman–Crippen MR) is 508 cm³/mol. The van der Waals surface area contributed by atoms with E-state index in [1.165, 1.54) is 121 Å². The lowest BCUT2D eigenvalue weighted by atomic mass is 9.80. The molecule has 0 fully saturated rings. The van der Waals surface area contributed by atoms with E-state index < -0.39 is 7.12 Å². The SMILES string of the molecule is Brc1ccc(C#CC#Cc2cccc(Br)c2)cc1.Brc1ccc(CCCCCc2cccc(Br)c2)cc1.Brc1ccc(I)cc1.Brc1cccc(I)c1.C#CC#C.C#CC#Cc1ccc(Br)cc1.N#Cc1ccc(-c2ccc(CCCCCc3cccc(-c4ccc(C#N)cc4)c3)cc2)cc1.N#Cc1ccc(B(O)O)cc1. The summed E-state index contributed by atoms with van der Waals surface area (Å²) in [7, 11) is -1.46. The van der Waals surface area contributed by atoms with Gasteiger partial charge in [-0.3, -0.25) is 0 Å². The number of hydrogen-bond acceptors (Lipinski definition) is 5. The van der Waals surface area contributed by atoms with E-state index >= 15 is 0 Å². The zero-order valence-corrected chi connectivity index (χ0v) is 76.1. The summed E-state index contributed by atoms with van der Waals surface area (Å²) in [6.45, 7) is 0. The molecule has 0 aliphatic rings. The van der Waals surface area contributed by atoms with Crippen molar-refractivity contribution in [3.05, 3.63) is 385 Å². The van der Waals surface area contributed by atoms with Crippen molar-refractivity contribution in [2.75, 3.05) is 0 Å². The molecular weight excluding hydrogens is 2060 g/mol. The van der Waals surface area contributed by atoms with Gasteiger partial charge in [-0.05, 0) is 352 Å². The van der Waals surface area contributed by atoms with Crippen LogP contribution in [0.15, 0.2) is 322 Å². The molecule has 554 valence electrons. The van der Waals surface area contributed by atoms with Crippen LogP contribution in [0.25, 0.3) is 22.3 Å². The Bertz CT molecular complexity index is 5270. The summed E-state index contributed by atoms with van der Waals surface area (Å²) in [5.41, 5.74) is 15.4. The highest BCUT2D eigenvalue weighted by atomic mass is 127. The Hall–Kier alpha value is -8.73. The molecule has 0 saturated carbocycles. The number of hydrogen-bond donors (Lipinski definition) is 2. The molecule has 5 nitrogen and oxygen atoms in total. The molecule has 112 heavy (non-hydrogen) atoms. The van der Waals surface area contributed by atoms with Gasteiger partial charge >= 0.3 is 7.12 Å². The van der Waals surface area contributed by atoms with Gasteiger partial charge in [0.1, 0.15) is 0 Å². The molecule has 12 rings (SSSR count). The zero-order valence-electron chi connectivity index (χ0n) is 60.7. The lowest BCUT2D eigenvalue weighted by Gasteiger charge is -2.07. The van der Waals surface area contributed by atoms with E-state index in [4.69, 9.17) is 32.3 Å². The fourth-order valence-electron chi connectivity index (χ4n) is 9.83. The molecule has 0 aromatic heterocycles. The molecule has 0 radical (unpaired) electrons. The molecule has 0 aliphatic heterocycles. The van der Waals surface area contributed by atoms with Gasteiger partial charge in [0.2, 0.25) is 0 Å². The second-order valence-electron chi connectivity index (χ2n) is 23.8. The third kappa shape index (κ3) is 41.2. The Labute approximate surface area is 748 Å². The average molecular weight is 2140 g/mol. The van der Waals surface area contributed by atoms with Crippen molar-refractivity contribution in [3.63, 3.8) is 0 Å². The number of rotatable bonds is 15. The van der Waals surface area contributed by atoms with Gasteiger partial charge in [0, 0.05) is 55.1 Å². The van der Waals surface area contributed by atoms with Crippen molar-refractivity contribution in [3.8, 4) is 113 Å². The Morgan fingerprint density at radius 2 is 0.616 bits per heavy atom. The first-order chi connectivity index (χ1) is 54.3. The molecule has 0 atom stereocenters. The highest BCUT2D eigenvalue weighted by Crippen LogP contribution is 2.25. The maximum Gasteiger partial charge on any atom is 0.488 e. The average Bonchev–Trinajstić information content (AvgIpc) is 0.854. The Kier molecular flexibility index (Phi) is 47.3.